The Balaban J connectivity index is 2.56. The summed E-state index contributed by atoms with van der Waals surface area (Å²) in [6, 6.07) is 2.54. The lowest BCUT2D eigenvalue weighted by atomic mass is 10.2. The Bertz CT molecular complexity index is 376. The molecule has 17 heavy (non-hydrogen) atoms. The molecule has 1 rings (SSSR count). The van der Waals surface area contributed by atoms with Gasteiger partial charge >= 0.3 is 5.97 Å². The maximum Gasteiger partial charge on any atom is 0.331 e. The Morgan fingerprint density at radius 3 is 2.71 bits per heavy atom. The molecule has 1 heterocycles. The lowest BCUT2D eigenvalue weighted by Crippen LogP contribution is -2.34. The van der Waals surface area contributed by atoms with Gasteiger partial charge in [-0.15, -0.1) is 23.1 Å². The predicted octanol–water partition coefficient (Wildman–Crippen LogP) is 2.13. The number of thiophene rings is 1. The van der Waals surface area contributed by atoms with Gasteiger partial charge in [0.05, 0.1) is 5.75 Å². The van der Waals surface area contributed by atoms with Gasteiger partial charge in [-0.3, -0.25) is 4.79 Å². The first-order valence-corrected chi connectivity index (χ1v) is 7.10. The van der Waals surface area contributed by atoms with E-state index in [2.05, 4.69) is 5.32 Å². The van der Waals surface area contributed by atoms with Crippen molar-refractivity contribution < 1.29 is 14.7 Å². The third-order valence-electron chi connectivity index (χ3n) is 1.93. The van der Waals surface area contributed by atoms with Crippen LogP contribution in [0.1, 0.15) is 24.8 Å². The fourth-order valence-corrected chi connectivity index (χ4v) is 2.49. The van der Waals surface area contributed by atoms with Crippen LogP contribution in [-0.4, -0.2) is 28.0 Å². The molecular formula is C11H15NO3S2. The maximum atomic E-state index is 11.6. The normalized spacial score (nSPS) is 12.4. The maximum absolute atomic E-state index is 11.6. The van der Waals surface area contributed by atoms with Crippen LogP contribution in [0.15, 0.2) is 17.5 Å². The monoisotopic (exact) mass is 273 g/mol. The van der Waals surface area contributed by atoms with Gasteiger partial charge < -0.3 is 10.4 Å². The SMILES string of the molecule is CC(C)SCC(=O)NC(C(=O)O)c1cccs1. The van der Waals surface area contributed by atoms with E-state index in [1.807, 2.05) is 13.8 Å². The van der Waals surface area contributed by atoms with Gasteiger partial charge in [0.2, 0.25) is 5.91 Å². The number of nitrogens with one attached hydrogen (secondary N) is 1. The number of thioether (sulfide) groups is 1. The first-order chi connectivity index (χ1) is 8.00. The Kier molecular flexibility index (Phi) is 5.50. The number of amides is 1. The van der Waals surface area contributed by atoms with E-state index >= 15 is 0 Å². The molecule has 0 saturated carbocycles. The molecule has 0 aliphatic carbocycles. The largest absolute Gasteiger partial charge is 0.479 e. The van der Waals surface area contributed by atoms with Crippen molar-refractivity contribution in [3.05, 3.63) is 22.4 Å². The number of carbonyl (C=O) groups is 2. The molecule has 0 aliphatic heterocycles. The van der Waals surface area contributed by atoms with Crippen LogP contribution in [0, 0.1) is 0 Å². The zero-order chi connectivity index (χ0) is 12.8. The van der Waals surface area contributed by atoms with E-state index < -0.39 is 12.0 Å². The Morgan fingerprint density at radius 2 is 2.24 bits per heavy atom. The molecule has 1 unspecified atom stereocenters. The molecule has 6 heteroatoms. The van der Waals surface area contributed by atoms with Crippen molar-refractivity contribution in [1.82, 2.24) is 5.32 Å². The topological polar surface area (TPSA) is 66.4 Å². The van der Waals surface area contributed by atoms with E-state index in [9.17, 15) is 9.59 Å². The fourth-order valence-electron chi connectivity index (χ4n) is 1.16. The van der Waals surface area contributed by atoms with Crippen LogP contribution in [0.4, 0.5) is 0 Å². The third kappa shape index (κ3) is 4.79. The number of hydrogen-bond donors (Lipinski definition) is 2. The quantitative estimate of drug-likeness (QED) is 0.833. The summed E-state index contributed by atoms with van der Waals surface area (Å²) in [5.41, 5.74) is 0. The number of rotatable bonds is 6. The summed E-state index contributed by atoms with van der Waals surface area (Å²) in [6.07, 6.45) is 0. The minimum atomic E-state index is -1.03. The van der Waals surface area contributed by atoms with E-state index in [-0.39, 0.29) is 11.7 Å². The average molecular weight is 273 g/mol. The van der Waals surface area contributed by atoms with Crippen LogP contribution >= 0.6 is 23.1 Å². The molecule has 0 aromatic carbocycles. The van der Waals surface area contributed by atoms with Crippen molar-refractivity contribution >= 4 is 35.0 Å². The fraction of sp³-hybridized carbons (Fsp3) is 0.455. The second-order valence-corrected chi connectivity index (χ2v) is 6.26. The smallest absolute Gasteiger partial charge is 0.331 e. The van der Waals surface area contributed by atoms with Crippen molar-refractivity contribution in [2.75, 3.05) is 5.75 Å². The third-order valence-corrected chi connectivity index (χ3v) is 3.96. The summed E-state index contributed by atoms with van der Waals surface area (Å²) in [5.74, 6) is -0.993. The summed E-state index contributed by atoms with van der Waals surface area (Å²) in [7, 11) is 0. The first-order valence-electron chi connectivity index (χ1n) is 5.18. The number of carboxylic acid groups (broad SMARTS) is 1. The van der Waals surface area contributed by atoms with Gasteiger partial charge in [0, 0.05) is 4.88 Å². The number of hydrogen-bond acceptors (Lipinski definition) is 4. The van der Waals surface area contributed by atoms with Crippen molar-refractivity contribution in [3.63, 3.8) is 0 Å². The Hall–Kier alpha value is -1.01. The average Bonchev–Trinajstić information content (AvgIpc) is 2.75. The summed E-state index contributed by atoms with van der Waals surface area (Å²) in [6.45, 7) is 3.98. The molecule has 0 fully saturated rings. The van der Waals surface area contributed by atoms with Crippen LogP contribution in [0.5, 0.6) is 0 Å². The summed E-state index contributed by atoms with van der Waals surface area (Å²) in [4.78, 5) is 23.3. The van der Waals surface area contributed by atoms with Crippen molar-refractivity contribution in [2.24, 2.45) is 0 Å². The molecule has 2 N–H and O–H groups in total. The second-order valence-electron chi connectivity index (χ2n) is 3.71. The van der Waals surface area contributed by atoms with Crippen LogP contribution in [0.2, 0.25) is 0 Å². The molecule has 1 amide bonds. The standard InChI is InChI=1S/C11H15NO3S2/c1-7(2)17-6-9(13)12-10(11(14)15)8-4-3-5-16-8/h3-5,7,10H,6H2,1-2H3,(H,12,13)(H,14,15). The van der Waals surface area contributed by atoms with Crippen molar-refractivity contribution in [1.29, 1.82) is 0 Å². The molecule has 0 saturated heterocycles. The van der Waals surface area contributed by atoms with E-state index in [1.165, 1.54) is 23.1 Å². The summed E-state index contributed by atoms with van der Waals surface area (Å²) in [5, 5.41) is 13.7. The minimum absolute atomic E-state index is 0.246. The second kappa shape index (κ2) is 6.66. The molecule has 1 aromatic heterocycles. The highest BCUT2D eigenvalue weighted by Crippen LogP contribution is 2.19. The highest BCUT2D eigenvalue weighted by Gasteiger charge is 2.22. The number of aliphatic carboxylic acids is 1. The van der Waals surface area contributed by atoms with Crippen molar-refractivity contribution in [3.8, 4) is 0 Å². The zero-order valence-corrected chi connectivity index (χ0v) is 11.3. The molecule has 0 bridgehead atoms. The highest BCUT2D eigenvalue weighted by atomic mass is 32.2. The van der Waals surface area contributed by atoms with Crippen LogP contribution in [0.3, 0.4) is 0 Å². The van der Waals surface area contributed by atoms with E-state index in [0.29, 0.717) is 10.1 Å². The first kappa shape index (κ1) is 14.1. The number of carbonyl (C=O) groups excluding carboxylic acids is 1. The van der Waals surface area contributed by atoms with Gasteiger partial charge in [-0.1, -0.05) is 19.9 Å². The molecule has 4 nitrogen and oxygen atoms in total. The van der Waals surface area contributed by atoms with Crippen molar-refractivity contribution in [2.45, 2.75) is 25.1 Å². The summed E-state index contributed by atoms with van der Waals surface area (Å²) >= 11 is 2.81. The summed E-state index contributed by atoms with van der Waals surface area (Å²) < 4.78 is 0. The van der Waals surface area contributed by atoms with Crippen LogP contribution < -0.4 is 5.32 Å². The lowest BCUT2D eigenvalue weighted by Gasteiger charge is -2.13. The lowest BCUT2D eigenvalue weighted by molar-refractivity contribution is -0.141. The van der Waals surface area contributed by atoms with Gasteiger partial charge in [-0.05, 0) is 16.7 Å². The van der Waals surface area contributed by atoms with Gasteiger partial charge in [0.25, 0.3) is 0 Å². The molecule has 0 spiro atoms. The molecule has 94 valence electrons. The highest BCUT2D eigenvalue weighted by molar-refractivity contribution is 8.00. The van der Waals surface area contributed by atoms with Crippen LogP contribution in [-0.2, 0) is 9.59 Å². The Morgan fingerprint density at radius 1 is 1.53 bits per heavy atom. The molecular weight excluding hydrogens is 258 g/mol. The zero-order valence-electron chi connectivity index (χ0n) is 9.67. The molecule has 0 aliphatic rings. The van der Waals surface area contributed by atoms with E-state index in [0.717, 1.165) is 0 Å². The van der Waals surface area contributed by atoms with Gasteiger partial charge in [-0.25, -0.2) is 4.79 Å². The minimum Gasteiger partial charge on any atom is -0.479 e. The predicted molar refractivity (Wildman–Crippen MR) is 70.4 cm³/mol. The molecule has 1 atom stereocenters. The Labute approximate surface area is 108 Å². The van der Waals surface area contributed by atoms with Gasteiger partial charge in [-0.2, -0.15) is 0 Å². The van der Waals surface area contributed by atoms with E-state index in [4.69, 9.17) is 5.11 Å². The van der Waals surface area contributed by atoms with Gasteiger partial charge in [0.15, 0.2) is 6.04 Å². The molecule has 1 aromatic rings. The van der Waals surface area contributed by atoms with Gasteiger partial charge in [0.1, 0.15) is 0 Å². The number of carboxylic acids is 1. The van der Waals surface area contributed by atoms with E-state index in [1.54, 1.807) is 17.5 Å². The van der Waals surface area contributed by atoms with Crippen LogP contribution in [0.25, 0.3) is 0 Å². The molecule has 0 radical (unpaired) electrons.